The van der Waals surface area contributed by atoms with Crippen LogP contribution in [0.2, 0.25) is 0 Å². The SMILES string of the molecule is [C-]#[N+]c1ccc2c(n1)c1c(c(=O)n2C)C(=O)OC[C@H]2CN(C(c3ccc(F)cc3)c3ccc(F)cc3)CCN12. The van der Waals surface area contributed by atoms with E-state index < -0.39 is 11.5 Å². The first-order valence-electron chi connectivity index (χ1n) is 12.5. The van der Waals surface area contributed by atoms with Crippen molar-refractivity contribution in [3.63, 3.8) is 0 Å². The topological polar surface area (TPSA) is 72.0 Å². The van der Waals surface area contributed by atoms with Crippen LogP contribution in [0.15, 0.2) is 65.5 Å². The summed E-state index contributed by atoms with van der Waals surface area (Å²) in [5, 5.41) is 0. The summed E-state index contributed by atoms with van der Waals surface area (Å²) in [7, 11) is 1.56. The molecular weight excluding hydrogens is 504 g/mol. The molecule has 8 nitrogen and oxygen atoms in total. The maximum absolute atomic E-state index is 13.8. The largest absolute Gasteiger partial charge is 0.460 e. The second-order valence-corrected chi connectivity index (χ2v) is 9.68. The predicted molar refractivity (Wildman–Crippen MR) is 141 cm³/mol. The van der Waals surface area contributed by atoms with Crippen molar-refractivity contribution in [2.75, 3.05) is 31.1 Å². The van der Waals surface area contributed by atoms with Crippen molar-refractivity contribution in [3.05, 3.63) is 111 Å². The quantitative estimate of drug-likeness (QED) is 0.294. The van der Waals surface area contributed by atoms with E-state index in [0.717, 1.165) is 11.1 Å². The Labute approximate surface area is 222 Å². The summed E-state index contributed by atoms with van der Waals surface area (Å²) >= 11 is 0. The smallest absolute Gasteiger partial charge is 0.346 e. The van der Waals surface area contributed by atoms with Gasteiger partial charge in [-0.25, -0.2) is 13.6 Å². The molecule has 196 valence electrons. The molecule has 0 bridgehead atoms. The molecule has 0 radical (unpaired) electrons. The normalized spacial score (nSPS) is 17.4. The van der Waals surface area contributed by atoms with Crippen LogP contribution in [0, 0.1) is 18.2 Å². The van der Waals surface area contributed by atoms with Crippen LogP contribution in [0.25, 0.3) is 15.9 Å². The lowest BCUT2D eigenvalue weighted by Crippen LogP contribution is -2.55. The van der Waals surface area contributed by atoms with Gasteiger partial charge in [0.05, 0.1) is 17.6 Å². The number of halogens is 2. The Morgan fingerprint density at radius 2 is 1.62 bits per heavy atom. The number of ether oxygens (including phenoxy) is 1. The first-order valence-corrected chi connectivity index (χ1v) is 12.5. The lowest BCUT2D eigenvalue weighted by atomic mass is 9.95. The standard InChI is InChI=1S/C29H23F2N5O3/c1-32-23-12-11-22-25(33-23)27-24(28(37)34(22)2)29(38)39-16-21-15-35(13-14-36(21)27)26(17-3-7-19(30)8-4-17)18-5-9-20(31)10-6-18/h3-12,21,26H,13-16H2,2H3/t21-/m1/s1. The number of cyclic esters (lactones) is 1. The number of benzene rings is 2. The van der Waals surface area contributed by atoms with E-state index in [-0.39, 0.29) is 41.7 Å². The number of aromatic nitrogens is 2. The zero-order valence-corrected chi connectivity index (χ0v) is 21.0. The van der Waals surface area contributed by atoms with Gasteiger partial charge in [0.25, 0.3) is 11.4 Å². The van der Waals surface area contributed by atoms with Crippen molar-refractivity contribution in [3.8, 4) is 0 Å². The Morgan fingerprint density at radius 1 is 0.974 bits per heavy atom. The summed E-state index contributed by atoms with van der Waals surface area (Å²) in [5.74, 6) is -1.28. The number of fused-ring (bicyclic) bond motifs is 5. The Morgan fingerprint density at radius 3 is 2.23 bits per heavy atom. The zero-order valence-electron chi connectivity index (χ0n) is 21.0. The van der Waals surface area contributed by atoms with E-state index in [2.05, 4.69) is 14.7 Å². The second kappa shape index (κ2) is 9.60. The summed E-state index contributed by atoms with van der Waals surface area (Å²) in [6.07, 6.45) is 0. The molecule has 2 aliphatic rings. The van der Waals surface area contributed by atoms with Gasteiger partial charge >= 0.3 is 5.97 Å². The van der Waals surface area contributed by atoms with E-state index in [0.29, 0.717) is 36.4 Å². The molecular formula is C29H23F2N5O3. The van der Waals surface area contributed by atoms with Crippen molar-refractivity contribution in [2.24, 2.45) is 7.05 Å². The third-order valence-corrected chi connectivity index (χ3v) is 7.46. The van der Waals surface area contributed by atoms with E-state index in [1.165, 1.54) is 28.8 Å². The van der Waals surface area contributed by atoms with Gasteiger partial charge in [-0.05, 0) is 47.5 Å². The van der Waals surface area contributed by atoms with Crippen LogP contribution in [-0.2, 0) is 11.8 Å². The second-order valence-electron chi connectivity index (χ2n) is 9.68. The van der Waals surface area contributed by atoms with Crippen molar-refractivity contribution >= 4 is 28.5 Å². The summed E-state index contributed by atoms with van der Waals surface area (Å²) in [5.41, 5.74) is 2.38. The number of pyridine rings is 2. The molecule has 0 saturated carbocycles. The van der Waals surface area contributed by atoms with Gasteiger partial charge in [0.2, 0.25) is 5.52 Å². The monoisotopic (exact) mass is 527 g/mol. The minimum absolute atomic E-state index is 0.0384. The van der Waals surface area contributed by atoms with Crippen LogP contribution in [0.1, 0.15) is 27.5 Å². The average molecular weight is 528 g/mol. The number of carbonyl (C=O) groups is 1. The highest BCUT2D eigenvalue weighted by atomic mass is 19.1. The Hall–Kier alpha value is -4.62. The summed E-state index contributed by atoms with van der Waals surface area (Å²) in [4.78, 5) is 38.5. The molecule has 1 atom stereocenters. The molecule has 39 heavy (non-hydrogen) atoms. The lowest BCUT2D eigenvalue weighted by molar-refractivity contribution is 0.0451. The molecule has 4 heterocycles. The van der Waals surface area contributed by atoms with Crippen LogP contribution in [0.4, 0.5) is 20.3 Å². The average Bonchev–Trinajstić information content (AvgIpc) is 3.10. The minimum Gasteiger partial charge on any atom is -0.460 e. The van der Waals surface area contributed by atoms with Crippen molar-refractivity contribution in [1.29, 1.82) is 0 Å². The van der Waals surface area contributed by atoms with Gasteiger partial charge in [-0.3, -0.25) is 9.69 Å². The highest BCUT2D eigenvalue weighted by Crippen LogP contribution is 2.37. The molecule has 1 saturated heterocycles. The molecule has 10 heteroatoms. The van der Waals surface area contributed by atoms with Crippen molar-refractivity contribution in [2.45, 2.75) is 12.1 Å². The maximum atomic E-state index is 13.8. The molecule has 2 aromatic heterocycles. The third-order valence-electron chi connectivity index (χ3n) is 7.46. The Balaban J connectivity index is 1.45. The third kappa shape index (κ3) is 4.21. The summed E-state index contributed by atoms with van der Waals surface area (Å²) < 4.78 is 34.5. The van der Waals surface area contributed by atoms with Gasteiger partial charge < -0.3 is 19.0 Å². The van der Waals surface area contributed by atoms with E-state index in [1.54, 1.807) is 43.4 Å². The van der Waals surface area contributed by atoms with Gasteiger partial charge in [-0.2, -0.15) is 0 Å². The lowest BCUT2D eigenvalue weighted by Gasteiger charge is -2.44. The molecule has 6 rings (SSSR count). The van der Waals surface area contributed by atoms with Crippen LogP contribution >= 0.6 is 0 Å². The molecule has 1 fully saturated rings. The van der Waals surface area contributed by atoms with E-state index in [9.17, 15) is 18.4 Å². The van der Waals surface area contributed by atoms with Crippen LogP contribution in [-0.4, -0.2) is 52.7 Å². The number of hydrogen-bond donors (Lipinski definition) is 0. The zero-order chi connectivity index (χ0) is 27.3. The Kier molecular flexibility index (Phi) is 6.08. The molecule has 0 aliphatic carbocycles. The number of aryl methyl sites for hydroxylation is 1. The fraction of sp³-hybridized carbons (Fsp3) is 0.241. The number of carbonyl (C=O) groups excluding carboxylic acids is 1. The molecule has 2 aliphatic heterocycles. The number of anilines is 1. The van der Waals surface area contributed by atoms with Gasteiger partial charge in [0.1, 0.15) is 23.9 Å². The first kappa shape index (κ1) is 24.7. The first-order chi connectivity index (χ1) is 18.9. The van der Waals surface area contributed by atoms with Gasteiger partial charge in [0, 0.05) is 26.7 Å². The molecule has 0 N–H and O–H groups in total. The van der Waals surface area contributed by atoms with Gasteiger partial charge in [-0.15, -0.1) is 4.98 Å². The highest BCUT2D eigenvalue weighted by Gasteiger charge is 2.40. The van der Waals surface area contributed by atoms with E-state index in [1.807, 2.05) is 4.90 Å². The Bertz CT molecular complexity index is 1650. The van der Waals surface area contributed by atoms with Crippen LogP contribution in [0.5, 0.6) is 0 Å². The molecule has 0 amide bonds. The predicted octanol–water partition coefficient (Wildman–Crippen LogP) is 4.21. The summed E-state index contributed by atoms with van der Waals surface area (Å²) in [6, 6.07) is 15.0. The molecule has 4 aromatic rings. The molecule has 0 spiro atoms. The fourth-order valence-electron chi connectivity index (χ4n) is 5.61. The summed E-state index contributed by atoms with van der Waals surface area (Å²) in [6.45, 7) is 8.84. The van der Waals surface area contributed by atoms with Crippen molar-refractivity contribution < 1.29 is 18.3 Å². The van der Waals surface area contributed by atoms with E-state index in [4.69, 9.17) is 11.3 Å². The van der Waals surface area contributed by atoms with Crippen LogP contribution < -0.4 is 10.5 Å². The number of rotatable bonds is 3. The van der Waals surface area contributed by atoms with E-state index >= 15 is 0 Å². The number of nitrogens with zero attached hydrogens (tertiary/aromatic N) is 5. The highest BCUT2D eigenvalue weighted by molar-refractivity contribution is 6.05. The van der Waals surface area contributed by atoms with Crippen molar-refractivity contribution in [1.82, 2.24) is 14.5 Å². The number of hydrogen-bond acceptors (Lipinski definition) is 6. The fourth-order valence-corrected chi connectivity index (χ4v) is 5.61. The number of esters is 1. The number of piperazine rings is 1. The van der Waals surface area contributed by atoms with Gasteiger partial charge in [-0.1, -0.05) is 30.8 Å². The van der Waals surface area contributed by atoms with Gasteiger partial charge in [0.15, 0.2) is 5.56 Å². The maximum Gasteiger partial charge on any atom is 0.346 e. The minimum atomic E-state index is -0.725. The molecule has 2 aromatic carbocycles. The molecule has 0 unspecified atom stereocenters. The van der Waals surface area contributed by atoms with Crippen LogP contribution in [0.3, 0.4) is 0 Å².